The Bertz CT molecular complexity index is 1130. The smallest absolute Gasteiger partial charge is 0.255 e. The van der Waals surface area contributed by atoms with E-state index in [9.17, 15) is 9.18 Å². The molecule has 0 aliphatic carbocycles. The standard InChI is InChI=1S/C19H14FN3O3/c1-12-8-19(24)23(14-3-5-15(6-4-14)25-11-20)10-16(12)13-2-7-17-18(9-13)22-26-21-17/h2-10H,11H2,1H3. The summed E-state index contributed by atoms with van der Waals surface area (Å²) in [6.07, 6.45) is 1.78. The van der Waals surface area contributed by atoms with E-state index in [1.165, 1.54) is 4.57 Å². The molecule has 4 rings (SSSR count). The summed E-state index contributed by atoms with van der Waals surface area (Å²) in [6.45, 7) is 0.984. The van der Waals surface area contributed by atoms with Gasteiger partial charge in [-0.3, -0.25) is 9.36 Å². The molecule has 0 aliphatic heterocycles. The van der Waals surface area contributed by atoms with Crippen LogP contribution in [0, 0.1) is 6.92 Å². The molecule has 4 aromatic rings. The summed E-state index contributed by atoms with van der Waals surface area (Å²) in [5.41, 5.74) is 4.45. The van der Waals surface area contributed by atoms with E-state index in [1.807, 2.05) is 25.1 Å². The fourth-order valence-corrected chi connectivity index (χ4v) is 2.85. The average molecular weight is 351 g/mol. The highest BCUT2D eigenvalue weighted by molar-refractivity contribution is 5.81. The maximum absolute atomic E-state index is 12.4. The minimum atomic E-state index is -0.895. The number of aromatic nitrogens is 3. The Labute approximate surface area is 147 Å². The zero-order chi connectivity index (χ0) is 18.1. The Balaban J connectivity index is 1.81. The van der Waals surface area contributed by atoms with Crippen molar-refractivity contribution in [1.29, 1.82) is 0 Å². The number of halogens is 1. The van der Waals surface area contributed by atoms with Gasteiger partial charge in [0.2, 0.25) is 6.86 Å². The number of aryl methyl sites for hydroxylation is 1. The SMILES string of the molecule is Cc1cc(=O)n(-c2ccc(OCF)cc2)cc1-c1ccc2nonc2c1. The van der Waals surface area contributed by atoms with Gasteiger partial charge in [0.05, 0.1) is 0 Å². The molecule has 0 aliphatic rings. The minimum absolute atomic E-state index is 0.158. The number of nitrogens with zero attached hydrogens (tertiary/aromatic N) is 3. The third-order valence-corrected chi connectivity index (χ3v) is 4.16. The largest absolute Gasteiger partial charge is 0.463 e. The Kier molecular flexibility index (Phi) is 3.96. The number of rotatable bonds is 4. The average Bonchev–Trinajstić information content (AvgIpc) is 3.11. The van der Waals surface area contributed by atoms with Crippen LogP contribution in [0.15, 0.2) is 64.2 Å². The number of fused-ring (bicyclic) bond motifs is 1. The van der Waals surface area contributed by atoms with Gasteiger partial charge in [-0.15, -0.1) is 0 Å². The van der Waals surface area contributed by atoms with Gasteiger partial charge in [0.25, 0.3) is 5.56 Å². The van der Waals surface area contributed by atoms with Gasteiger partial charge < -0.3 is 4.74 Å². The van der Waals surface area contributed by atoms with Gasteiger partial charge in [-0.2, -0.15) is 0 Å². The molecule has 0 fully saturated rings. The van der Waals surface area contributed by atoms with E-state index in [-0.39, 0.29) is 5.56 Å². The molecule has 0 spiro atoms. The summed E-state index contributed by atoms with van der Waals surface area (Å²) in [4.78, 5) is 12.4. The summed E-state index contributed by atoms with van der Waals surface area (Å²) in [5, 5.41) is 7.66. The summed E-state index contributed by atoms with van der Waals surface area (Å²) in [7, 11) is 0. The molecule has 0 saturated heterocycles. The molecule has 0 saturated carbocycles. The van der Waals surface area contributed by atoms with E-state index in [2.05, 4.69) is 10.3 Å². The van der Waals surface area contributed by atoms with E-state index in [4.69, 9.17) is 9.37 Å². The van der Waals surface area contributed by atoms with Crippen LogP contribution in [0.25, 0.3) is 27.8 Å². The maximum Gasteiger partial charge on any atom is 0.255 e. The predicted octanol–water partition coefficient (Wildman–Crippen LogP) is 3.65. The van der Waals surface area contributed by atoms with Gasteiger partial charge in [-0.05, 0) is 64.8 Å². The molecule has 0 atom stereocenters. The molecular weight excluding hydrogens is 337 g/mol. The number of benzene rings is 2. The van der Waals surface area contributed by atoms with Crippen LogP contribution < -0.4 is 10.3 Å². The molecule has 2 aromatic carbocycles. The maximum atomic E-state index is 12.4. The van der Waals surface area contributed by atoms with E-state index < -0.39 is 6.86 Å². The zero-order valence-electron chi connectivity index (χ0n) is 13.8. The lowest BCUT2D eigenvalue weighted by Crippen LogP contribution is -2.17. The molecule has 7 heteroatoms. The van der Waals surface area contributed by atoms with Crippen molar-refractivity contribution in [2.45, 2.75) is 6.92 Å². The van der Waals surface area contributed by atoms with Crippen molar-refractivity contribution in [2.24, 2.45) is 0 Å². The monoisotopic (exact) mass is 351 g/mol. The highest BCUT2D eigenvalue weighted by Gasteiger charge is 2.10. The first kappa shape index (κ1) is 16.0. The molecule has 2 heterocycles. The van der Waals surface area contributed by atoms with E-state index >= 15 is 0 Å². The van der Waals surface area contributed by atoms with Crippen LogP contribution in [0.3, 0.4) is 0 Å². The van der Waals surface area contributed by atoms with Gasteiger partial charge >= 0.3 is 0 Å². The number of alkyl halides is 1. The van der Waals surface area contributed by atoms with Crippen LogP contribution in [-0.4, -0.2) is 21.7 Å². The van der Waals surface area contributed by atoms with E-state index in [0.29, 0.717) is 22.5 Å². The van der Waals surface area contributed by atoms with Crippen molar-refractivity contribution >= 4 is 11.0 Å². The molecule has 0 bridgehead atoms. The first-order chi connectivity index (χ1) is 12.7. The quantitative estimate of drug-likeness (QED) is 0.561. The topological polar surface area (TPSA) is 70.2 Å². The molecular formula is C19H14FN3O3. The summed E-state index contributed by atoms with van der Waals surface area (Å²) < 4.78 is 23.3. The third kappa shape index (κ3) is 2.83. The molecule has 0 radical (unpaired) electrons. The highest BCUT2D eigenvalue weighted by Crippen LogP contribution is 2.26. The summed E-state index contributed by atoms with van der Waals surface area (Å²) in [5.74, 6) is 0.403. The van der Waals surface area contributed by atoms with Crippen molar-refractivity contribution in [2.75, 3.05) is 6.86 Å². The predicted molar refractivity (Wildman–Crippen MR) is 94.2 cm³/mol. The second-order valence-electron chi connectivity index (χ2n) is 5.79. The number of hydrogen-bond donors (Lipinski definition) is 0. The Morgan fingerprint density at radius 1 is 1.08 bits per heavy atom. The second-order valence-corrected chi connectivity index (χ2v) is 5.79. The van der Waals surface area contributed by atoms with Crippen LogP contribution in [-0.2, 0) is 0 Å². The third-order valence-electron chi connectivity index (χ3n) is 4.16. The van der Waals surface area contributed by atoms with Crippen LogP contribution in [0.2, 0.25) is 0 Å². The summed E-state index contributed by atoms with van der Waals surface area (Å²) >= 11 is 0. The molecule has 26 heavy (non-hydrogen) atoms. The van der Waals surface area contributed by atoms with Crippen molar-refractivity contribution in [3.63, 3.8) is 0 Å². The first-order valence-corrected chi connectivity index (χ1v) is 7.91. The van der Waals surface area contributed by atoms with Crippen LogP contribution in [0.4, 0.5) is 4.39 Å². The lowest BCUT2D eigenvalue weighted by Gasteiger charge is -2.12. The Hall–Kier alpha value is -3.48. The van der Waals surface area contributed by atoms with Crippen LogP contribution >= 0.6 is 0 Å². The van der Waals surface area contributed by atoms with Gasteiger partial charge in [0.1, 0.15) is 16.8 Å². The number of ether oxygens (including phenoxy) is 1. The molecule has 0 N–H and O–H groups in total. The highest BCUT2D eigenvalue weighted by atomic mass is 19.1. The van der Waals surface area contributed by atoms with Crippen molar-refractivity contribution in [3.8, 4) is 22.6 Å². The molecule has 130 valence electrons. The number of pyridine rings is 1. The van der Waals surface area contributed by atoms with E-state index in [1.54, 1.807) is 36.5 Å². The Morgan fingerprint density at radius 3 is 2.62 bits per heavy atom. The van der Waals surface area contributed by atoms with Gasteiger partial charge in [0, 0.05) is 23.5 Å². The van der Waals surface area contributed by atoms with Crippen LogP contribution in [0.5, 0.6) is 5.75 Å². The fourth-order valence-electron chi connectivity index (χ4n) is 2.85. The molecule has 0 unspecified atom stereocenters. The minimum Gasteiger partial charge on any atom is -0.463 e. The number of hydrogen-bond acceptors (Lipinski definition) is 5. The zero-order valence-corrected chi connectivity index (χ0v) is 13.8. The molecule has 2 aromatic heterocycles. The normalized spacial score (nSPS) is 11.0. The summed E-state index contributed by atoms with van der Waals surface area (Å²) in [6, 6.07) is 13.8. The fraction of sp³-hybridized carbons (Fsp3) is 0.105. The molecule has 0 amide bonds. The van der Waals surface area contributed by atoms with Gasteiger partial charge in [-0.1, -0.05) is 6.07 Å². The van der Waals surface area contributed by atoms with Crippen molar-refractivity contribution in [3.05, 3.63) is 70.6 Å². The van der Waals surface area contributed by atoms with Crippen molar-refractivity contribution in [1.82, 2.24) is 14.9 Å². The van der Waals surface area contributed by atoms with Crippen LogP contribution in [0.1, 0.15) is 5.56 Å². The van der Waals surface area contributed by atoms with Gasteiger partial charge in [-0.25, -0.2) is 9.02 Å². The molecule has 6 nitrogen and oxygen atoms in total. The van der Waals surface area contributed by atoms with Crippen molar-refractivity contribution < 1.29 is 13.8 Å². The lowest BCUT2D eigenvalue weighted by atomic mass is 10.0. The van der Waals surface area contributed by atoms with Gasteiger partial charge in [0.15, 0.2) is 0 Å². The Morgan fingerprint density at radius 2 is 1.85 bits per heavy atom. The second kappa shape index (κ2) is 6.44. The van der Waals surface area contributed by atoms with E-state index in [0.717, 1.165) is 16.7 Å². The first-order valence-electron chi connectivity index (χ1n) is 7.91. The lowest BCUT2D eigenvalue weighted by molar-refractivity contribution is 0.192.